The Labute approximate surface area is 94.6 Å². The van der Waals surface area contributed by atoms with Crippen LogP contribution in [0, 0.1) is 27.7 Å². The molecule has 0 saturated carbocycles. The third-order valence-corrected chi connectivity index (χ3v) is 3.95. The molecule has 2 aromatic rings. The molecule has 3 heteroatoms. The van der Waals surface area contributed by atoms with Gasteiger partial charge in [-0.2, -0.15) is 5.10 Å². The molecule has 2 aromatic heterocycles. The molecule has 2 nitrogen and oxygen atoms in total. The molecule has 0 fully saturated rings. The number of thiophene rings is 1. The van der Waals surface area contributed by atoms with Crippen molar-refractivity contribution in [2.75, 3.05) is 0 Å². The lowest BCUT2D eigenvalue weighted by atomic mass is 10.1. The molecule has 2 rings (SSSR count). The molecule has 0 bridgehead atoms. The first-order chi connectivity index (χ1) is 7.00. The lowest BCUT2D eigenvalue weighted by Crippen LogP contribution is -1.92. The molecule has 0 amide bonds. The number of nitrogens with zero attached hydrogens (tertiary/aromatic N) is 2. The molecular formula is C12H16N2S. The summed E-state index contributed by atoms with van der Waals surface area (Å²) in [7, 11) is 2.00. The number of rotatable bonds is 1. The van der Waals surface area contributed by atoms with Gasteiger partial charge in [0.15, 0.2) is 0 Å². The molecule has 0 radical (unpaired) electrons. The smallest absolute Gasteiger partial charge is 0.0683 e. The summed E-state index contributed by atoms with van der Waals surface area (Å²) in [6.45, 7) is 8.54. The van der Waals surface area contributed by atoms with Crippen molar-refractivity contribution in [3.05, 3.63) is 27.9 Å². The van der Waals surface area contributed by atoms with Gasteiger partial charge >= 0.3 is 0 Å². The van der Waals surface area contributed by atoms with Gasteiger partial charge in [0.05, 0.1) is 5.69 Å². The van der Waals surface area contributed by atoms with Crippen molar-refractivity contribution >= 4 is 11.3 Å². The molecule has 2 heterocycles. The molecule has 15 heavy (non-hydrogen) atoms. The molecular weight excluding hydrogens is 204 g/mol. The summed E-state index contributed by atoms with van der Waals surface area (Å²) in [5.41, 5.74) is 5.04. The van der Waals surface area contributed by atoms with Gasteiger partial charge in [-0.1, -0.05) is 0 Å². The summed E-state index contributed by atoms with van der Waals surface area (Å²) in [5.74, 6) is 0. The van der Waals surface area contributed by atoms with E-state index in [4.69, 9.17) is 0 Å². The summed E-state index contributed by atoms with van der Waals surface area (Å²) in [5, 5.41) is 4.46. The Morgan fingerprint density at radius 2 is 1.87 bits per heavy atom. The van der Waals surface area contributed by atoms with Crippen LogP contribution in [-0.2, 0) is 7.05 Å². The molecule has 80 valence electrons. The van der Waals surface area contributed by atoms with Crippen LogP contribution in [0.5, 0.6) is 0 Å². The second-order valence-corrected chi connectivity index (χ2v) is 5.29. The predicted molar refractivity (Wildman–Crippen MR) is 65.5 cm³/mol. The van der Waals surface area contributed by atoms with E-state index < -0.39 is 0 Å². The van der Waals surface area contributed by atoms with Gasteiger partial charge in [0, 0.05) is 28.1 Å². The van der Waals surface area contributed by atoms with E-state index in [1.807, 2.05) is 23.1 Å². The van der Waals surface area contributed by atoms with Crippen LogP contribution in [0.3, 0.4) is 0 Å². The Hall–Kier alpha value is -1.09. The maximum atomic E-state index is 4.46. The monoisotopic (exact) mass is 220 g/mol. The molecule has 0 aliphatic carbocycles. The van der Waals surface area contributed by atoms with E-state index in [1.165, 1.54) is 26.6 Å². The standard InChI is InChI=1S/C12H16N2S/c1-7-6-8(2)15-12(7)11-9(3)13-14(5)10(11)4/h6H,1-5H3. The van der Waals surface area contributed by atoms with E-state index in [0.29, 0.717) is 0 Å². The van der Waals surface area contributed by atoms with Crippen molar-refractivity contribution in [3.8, 4) is 10.4 Å². The van der Waals surface area contributed by atoms with Crippen molar-refractivity contribution in [1.82, 2.24) is 9.78 Å². The van der Waals surface area contributed by atoms with Gasteiger partial charge in [-0.05, 0) is 39.3 Å². The molecule has 0 aliphatic rings. The van der Waals surface area contributed by atoms with Crippen LogP contribution in [0.4, 0.5) is 0 Å². The zero-order valence-electron chi connectivity index (χ0n) is 9.88. The summed E-state index contributed by atoms with van der Waals surface area (Å²) in [4.78, 5) is 2.74. The summed E-state index contributed by atoms with van der Waals surface area (Å²) >= 11 is 1.86. The van der Waals surface area contributed by atoms with Crippen LogP contribution >= 0.6 is 11.3 Å². The van der Waals surface area contributed by atoms with Crippen LogP contribution in [0.15, 0.2) is 6.07 Å². The van der Waals surface area contributed by atoms with Gasteiger partial charge in [-0.3, -0.25) is 4.68 Å². The second kappa shape index (κ2) is 3.49. The van der Waals surface area contributed by atoms with Crippen molar-refractivity contribution in [1.29, 1.82) is 0 Å². The fourth-order valence-electron chi connectivity index (χ4n) is 1.99. The minimum atomic E-state index is 1.12. The Morgan fingerprint density at radius 3 is 2.27 bits per heavy atom. The molecule has 0 unspecified atom stereocenters. The van der Waals surface area contributed by atoms with E-state index in [2.05, 4.69) is 38.9 Å². The molecule has 0 N–H and O–H groups in total. The van der Waals surface area contributed by atoms with E-state index in [9.17, 15) is 0 Å². The first kappa shape index (κ1) is 10.4. The third kappa shape index (κ3) is 1.61. The second-order valence-electron chi connectivity index (χ2n) is 4.04. The fourth-order valence-corrected chi connectivity index (χ4v) is 3.17. The van der Waals surface area contributed by atoms with Gasteiger partial charge in [-0.25, -0.2) is 0 Å². The van der Waals surface area contributed by atoms with Crippen molar-refractivity contribution in [2.45, 2.75) is 27.7 Å². The van der Waals surface area contributed by atoms with Gasteiger partial charge < -0.3 is 0 Å². The first-order valence-corrected chi connectivity index (χ1v) is 5.90. The normalized spacial score (nSPS) is 11.0. The number of hydrogen-bond donors (Lipinski definition) is 0. The number of hydrogen-bond acceptors (Lipinski definition) is 2. The largest absolute Gasteiger partial charge is 0.272 e. The maximum absolute atomic E-state index is 4.46. The van der Waals surface area contributed by atoms with Crippen LogP contribution in [0.1, 0.15) is 21.8 Å². The highest BCUT2D eigenvalue weighted by molar-refractivity contribution is 7.15. The average molecular weight is 220 g/mol. The number of aryl methyl sites for hydroxylation is 4. The Balaban J connectivity index is 2.68. The molecule has 0 atom stereocenters. The van der Waals surface area contributed by atoms with E-state index in [-0.39, 0.29) is 0 Å². The summed E-state index contributed by atoms with van der Waals surface area (Å²) in [6.07, 6.45) is 0. The molecule has 0 saturated heterocycles. The third-order valence-electron chi connectivity index (χ3n) is 2.78. The van der Waals surface area contributed by atoms with Gasteiger partial charge in [-0.15, -0.1) is 11.3 Å². The molecule has 0 spiro atoms. The van der Waals surface area contributed by atoms with Crippen LogP contribution in [-0.4, -0.2) is 9.78 Å². The summed E-state index contributed by atoms with van der Waals surface area (Å²) in [6, 6.07) is 2.24. The van der Waals surface area contributed by atoms with E-state index in [0.717, 1.165) is 5.69 Å². The van der Waals surface area contributed by atoms with Crippen molar-refractivity contribution in [2.24, 2.45) is 7.05 Å². The van der Waals surface area contributed by atoms with Crippen molar-refractivity contribution in [3.63, 3.8) is 0 Å². The van der Waals surface area contributed by atoms with Gasteiger partial charge in [0.25, 0.3) is 0 Å². The minimum Gasteiger partial charge on any atom is -0.272 e. The van der Waals surface area contributed by atoms with Crippen molar-refractivity contribution < 1.29 is 0 Å². The van der Waals surface area contributed by atoms with Gasteiger partial charge in [0.2, 0.25) is 0 Å². The average Bonchev–Trinajstić information content (AvgIpc) is 2.56. The Morgan fingerprint density at radius 1 is 1.20 bits per heavy atom. The predicted octanol–water partition coefficient (Wildman–Crippen LogP) is 3.38. The maximum Gasteiger partial charge on any atom is 0.0683 e. The highest BCUT2D eigenvalue weighted by Crippen LogP contribution is 2.35. The Kier molecular flexibility index (Phi) is 2.43. The van der Waals surface area contributed by atoms with Crippen LogP contribution in [0.25, 0.3) is 10.4 Å². The molecule has 0 aromatic carbocycles. The Bertz CT molecular complexity index is 506. The zero-order valence-corrected chi connectivity index (χ0v) is 10.7. The van der Waals surface area contributed by atoms with Gasteiger partial charge in [0.1, 0.15) is 0 Å². The quantitative estimate of drug-likeness (QED) is 0.720. The highest BCUT2D eigenvalue weighted by Gasteiger charge is 2.15. The van der Waals surface area contributed by atoms with E-state index >= 15 is 0 Å². The van der Waals surface area contributed by atoms with Crippen LogP contribution < -0.4 is 0 Å². The topological polar surface area (TPSA) is 17.8 Å². The van der Waals surface area contributed by atoms with Crippen LogP contribution in [0.2, 0.25) is 0 Å². The zero-order chi connectivity index (χ0) is 11.2. The summed E-state index contributed by atoms with van der Waals surface area (Å²) < 4.78 is 1.96. The molecule has 0 aliphatic heterocycles. The fraction of sp³-hybridized carbons (Fsp3) is 0.417. The highest BCUT2D eigenvalue weighted by atomic mass is 32.1. The number of aromatic nitrogens is 2. The lowest BCUT2D eigenvalue weighted by molar-refractivity contribution is 0.731. The van der Waals surface area contributed by atoms with E-state index in [1.54, 1.807) is 0 Å². The first-order valence-electron chi connectivity index (χ1n) is 5.08. The minimum absolute atomic E-state index is 1.12. The lowest BCUT2D eigenvalue weighted by Gasteiger charge is -2.00. The SMILES string of the molecule is Cc1cc(C)c(-c2c(C)nn(C)c2C)s1.